The first-order valence-electron chi connectivity index (χ1n) is 10.3. The van der Waals surface area contributed by atoms with Crippen LogP contribution < -0.4 is 9.64 Å². The minimum Gasteiger partial charge on any atom is -0.495 e. The summed E-state index contributed by atoms with van der Waals surface area (Å²) in [6.07, 6.45) is 0. The van der Waals surface area contributed by atoms with E-state index in [4.69, 9.17) is 16.3 Å². The van der Waals surface area contributed by atoms with Crippen LogP contribution in [0.15, 0.2) is 47.4 Å². The molecule has 168 valence electrons. The highest BCUT2D eigenvalue weighted by atomic mass is 35.5. The highest BCUT2D eigenvalue weighted by molar-refractivity contribution is 7.89. The number of piperazine rings is 1. The number of anilines is 1. The summed E-state index contributed by atoms with van der Waals surface area (Å²) in [6, 6.07) is 12.3. The Morgan fingerprint density at radius 2 is 1.71 bits per heavy atom. The molecule has 0 saturated carbocycles. The van der Waals surface area contributed by atoms with Gasteiger partial charge in [0.25, 0.3) is 5.91 Å². The molecule has 0 atom stereocenters. The van der Waals surface area contributed by atoms with E-state index < -0.39 is 10.0 Å². The molecule has 2 aromatic rings. The number of nitrogens with zero attached hydrogens (tertiary/aromatic N) is 3. The van der Waals surface area contributed by atoms with Crippen molar-refractivity contribution in [3.05, 3.63) is 53.1 Å². The number of rotatable bonds is 7. The van der Waals surface area contributed by atoms with E-state index in [1.165, 1.54) is 16.4 Å². The highest BCUT2D eigenvalue weighted by Crippen LogP contribution is 2.29. The van der Waals surface area contributed by atoms with E-state index in [-0.39, 0.29) is 15.8 Å². The molecule has 0 aromatic heterocycles. The van der Waals surface area contributed by atoms with Crippen LogP contribution in [-0.4, -0.2) is 69.9 Å². The Labute approximate surface area is 189 Å². The van der Waals surface area contributed by atoms with Crippen molar-refractivity contribution in [2.45, 2.75) is 18.7 Å². The molecule has 0 spiro atoms. The Bertz CT molecular complexity index is 1030. The molecule has 0 aliphatic carbocycles. The van der Waals surface area contributed by atoms with Crippen LogP contribution in [0.5, 0.6) is 5.75 Å². The maximum absolute atomic E-state index is 13.1. The molecule has 1 aliphatic rings. The molecular formula is C22H28ClN3O4S. The number of benzene rings is 2. The molecule has 0 unspecified atom stereocenters. The van der Waals surface area contributed by atoms with Crippen molar-refractivity contribution < 1.29 is 17.9 Å². The van der Waals surface area contributed by atoms with E-state index in [9.17, 15) is 13.2 Å². The summed E-state index contributed by atoms with van der Waals surface area (Å²) in [5.41, 5.74) is 1.32. The molecule has 1 fully saturated rings. The lowest BCUT2D eigenvalue weighted by molar-refractivity contribution is 0.0746. The molecule has 3 rings (SSSR count). The van der Waals surface area contributed by atoms with Gasteiger partial charge in [0, 0.05) is 44.8 Å². The summed E-state index contributed by atoms with van der Waals surface area (Å²) in [5.74, 6) is 0.596. The van der Waals surface area contributed by atoms with Crippen molar-refractivity contribution in [3.8, 4) is 5.75 Å². The summed E-state index contributed by atoms with van der Waals surface area (Å²) < 4.78 is 32.6. The fourth-order valence-electron chi connectivity index (χ4n) is 3.76. The van der Waals surface area contributed by atoms with Crippen molar-refractivity contribution in [1.82, 2.24) is 9.21 Å². The van der Waals surface area contributed by atoms with E-state index in [1.807, 2.05) is 24.3 Å². The van der Waals surface area contributed by atoms with Crippen LogP contribution in [0.4, 0.5) is 5.69 Å². The van der Waals surface area contributed by atoms with Gasteiger partial charge in [0.2, 0.25) is 10.0 Å². The molecular weight excluding hydrogens is 438 g/mol. The molecule has 1 saturated heterocycles. The molecule has 1 aliphatic heterocycles. The summed E-state index contributed by atoms with van der Waals surface area (Å²) in [5, 5.41) is 0.115. The van der Waals surface area contributed by atoms with Gasteiger partial charge < -0.3 is 14.5 Å². The Hall–Kier alpha value is -2.29. The van der Waals surface area contributed by atoms with E-state index >= 15 is 0 Å². The van der Waals surface area contributed by atoms with Gasteiger partial charge in [0.1, 0.15) is 10.6 Å². The monoisotopic (exact) mass is 465 g/mol. The number of carbonyl (C=O) groups excluding carboxylic acids is 1. The second-order valence-corrected chi connectivity index (χ2v) is 9.50. The number of amides is 1. The van der Waals surface area contributed by atoms with Gasteiger partial charge in [-0.25, -0.2) is 8.42 Å². The maximum atomic E-state index is 13.1. The first kappa shape index (κ1) is 23.4. The second kappa shape index (κ2) is 9.89. The number of halogens is 1. The number of ether oxygens (including phenoxy) is 1. The Morgan fingerprint density at radius 1 is 1.06 bits per heavy atom. The van der Waals surface area contributed by atoms with Crippen LogP contribution in [0.1, 0.15) is 24.2 Å². The summed E-state index contributed by atoms with van der Waals surface area (Å²) in [7, 11) is -2.12. The maximum Gasteiger partial charge on any atom is 0.254 e. The van der Waals surface area contributed by atoms with Crippen LogP contribution in [-0.2, 0) is 10.0 Å². The summed E-state index contributed by atoms with van der Waals surface area (Å²) >= 11 is 6.20. The average Bonchev–Trinajstić information content (AvgIpc) is 2.79. The minimum atomic E-state index is -3.76. The van der Waals surface area contributed by atoms with E-state index in [0.717, 1.165) is 11.4 Å². The van der Waals surface area contributed by atoms with Crippen LogP contribution in [0.3, 0.4) is 0 Å². The Morgan fingerprint density at radius 3 is 2.32 bits per heavy atom. The first-order chi connectivity index (χ1) is 14.8. The zero-order valence-corrected chi connectivity index (χ0v) is 19.6. The van der Waals surface area contributed by atoms with Gasteiger partial charge in [-0.2, -0.15) is 4.31 Å². The molecule has 7 nitrogen and oxygen atoms in total. The number of para-hydroxylation sites is 2. The van der Waals surface area contributed by atoms with Gasteiger partial charge in [0.15, 0.2) is 0 Å². The van der Waals surface area contributed by atoms with Crippen molar-refractivity contribution in [2.75, 3.05) is 51.3 Å². The predicted octanol–water partition coefficient (Wildman–Crippen LogP) is 3.34. The lowest BCUT2D eigenvalue weighted by Gasteiger charge is -2.36. The molecule has 9 heteroatoms. The molecule has 0 N–H and O–H groups in total. The average molecular weight is 466 g/mol. The zero-order valence-electron chi connectivity index (χ0n) is 18.0. The number of sulfonamides is 1. The van der Waals surface area contributed by atoms with Gasteiger partial charge in [0.05, 0.1) is 17.8 Å². The minimum absolute atomic E-state index is 0.0311. The molecule has 31 heavy (non-hydrogen) atoms. The summed E-state index contributed by atoms with van der Waals surface area (Å²) in [6.45, 7) is 6.57. The normalized spacial score (nSPS) is 14.7. The van der Waals surface area contributed by atoms with Crippen molar-refractivity contribution in [1.29, 1.82) is 0 Å². The fourth-order valence-corrected chi connectivity index (χ4v) is 5.72. The molecule has 1 amide bonds. The topological polar surface area (TPSA) is 70.2 Å². The van der Waals surface area contributed by atoms with E-state index in [1.54, 1.807) is 31.9 Å². The van der Waals surface area contributed by atoms with Crippen LogP contribution in [0, 0.1) is 0 Å². The molecule has 1 heterocycles. The molecule has 0 radical (unpaired) electrons. The molecule has 2 aromatic carbocycles. The van der Waals surface area contributed by atoms with Gasteiger partial charge >= 0.3 is 0 Å². The quantitative estimate of drug-likeness (QED) is 0.627. The zero-order chi connectivity index (χ0) is 22.6. The Balaban J connectivity index is 1.77. The fraction of sp³-hybridized carbons (Fsp3) is 0.409. The molecule has 0 bridgehead atoms. The number of hydrogen-bond acceptors (Lipinski definition) is 5. The third kappa shape index (κ3) is 4.81. The predicted molar refractivity (Wildman–Crippen MR) is 123 cm³/mol. The largest absolute Gasteiger partial charge is 0.495 e. The van der Waals surface area contributed by atoms with E-state index in [0.29, 0.717) is 44.8 Å². The van der Waals surface area contributed by atoms with Gasteiger partial charge in [-0.15, -0.1) is 0 Å². The lowest BCUT2D eigenvalue weighted by Crippen LogP contribution is -2.48. The third-order valence-electron chi connectivity index (χ3n) is 5.49. The van der Waals surface area contributed by atoms with Crippen molar-refractivity contribution >= 4 is 33.2 Å². The smallest absolute Gasteiger partial charge is 0.254 e. The summed E-state index contributed by atoms with van der Waals surface area (Å²) in [4.78, 5) is 17.0. The second-order valence-electron chi connectivity index (χ2n) is 7.19. The van der Waals surface area contributed by atoms with Crippen LogP contribution in [0.2, 0.25) is 5.02 Å². The highest BCUT2D eigenvalue weighted by Gasteiger charge is 2.28. The Kier molecular flexibility index (Phi) is 7.46. The van der Waals surface area contributed by atoms with Crippen LogP contribution in [0.25, 0.3) is 0 Å². The third-order valence-corrected chi connectivity index (χ3v) is 8.03. The van der Waals surface area contributed by atoms with Crippen molar-refractivity contribution in [3.63, 3.8) is 0 Å². The number of carbonyl (C=O) groups is 1. The first-order valence-corrected chi connectivity index (χ1v) is 12.1. The van der Waals surface area contributed by atoms with Crippen molar-refractivity contribution in [2.24, 2.45) is 0 Å². The van der Waals surface area contributed by atoms with Crippen LogP contribution >= 0.6 is 11.6 Å². The van der Waals surface area contributed by atoms with Gasteiger partial charge in [-0.1, -0.05) is 37.6 Å². The number of methoxy groups -OCH3 is 1. The van der Waals surface area contributed by atoms with Gasteiger partial charge in [-0.05, 0) is 30.3 Å². The standard InChI is InChI=1S/C22H28ClN3O4S/c1-4-26(5-2)31(28,29)21-16-17(10-11-18(21)23)22(27)25-14-12-24(13-15-25)19-8-6-7-9-20(19)30-3/h6-11,16H,4-5,12-15H2,1-3H3. The van der Waals surface area contributed by atoms with Gasteiger partial charge in [-0.3, -0.25) is 4.79 Å². The SMILES string of the molecule is CCN(CC)S(=O)(=O)c1cc(C(=O)N2CCN(c3ccccc3OC)CC2)ccc1Cl. The number of hydrogen-bond donors (Lipinski definition) is 0. The lowest BCUT2D eigenvalue weighted by atomic mass is 10.1. The van der Waals surface area contributed by atoms with E-state index in [2.05, 4.69) is 4.90 Å².